The van der Waals surface area contributed by atoms with E-state index in [-0.39, 0.29) is 6.54 Å². The monoisotopic (exact) mass is 509 g/mol. The number of hydrogen-bond donors (Lipinski definition) is 0. The summed E-state index contributed by atoms with van der Waals surface area (Å²) in [5, 5.41) is 0. The van der Waals surface area contributed by atoms with Crippen LogP contribution in [0, 0.1) is 0 Å². The Morgan fingerprint density at radius 2 is 1.78 bits per heavy atom. The molecule has 0 atom stereocenters. The molecule has 32 heavy (non-hydrogen) atoms. The highest BCUT2D eigenvalue weighted by Gasteiger charge is 2.31. The molecule has 0 radical (unpaired) electrons. The lowest BCUT2D eigenvalue weighted by Gasteiger charge is -2.29. The van der Waals surface area contributed by atoms with Gasteiger partial charge in [-0.05, 0) is 56.7 Å². The summed E-state index contributed by atoms with van der Waals surface area (Å²) in [6.07, 6.45) is -1.58. The molecule has 0 N–H and O–H groups in total. The van der Waals surface area contributed by atoms with Gasteiger partial charge < -0.3 is 9.30 Å². The number of carbonyl (C=O) groups excluding carboxylic acids is 1. The number of ether oxygens (including phenoxy) is 1. The third-order valence-corrected chi connectivity index (χ3v) is 4.96. The molecule has 0 aliphatic rings. The summed E-state index contributed by atoms with van der Waals surface area (Å²) in [4.78, 5) is 19.0. The standard InChI is InChI=1S/C23H23BrF3N3O2/c1-22(2,3)32-21(31)30(12-15-5-7-16(8-6-15)23(25,26)27)20-11-17(24)9-10-18(20)19-13-29(4)14-28-19/h5-11,13-14H,12H2,1-4H3. The zero-order valence-corrected chi connectivity index (χ0v) is 19.7. The van der Waals surface area contributed by atoms with E-state index in [9.17, 15) is 18.0 Å². The number of anilines is 1. The second-order valence-electron chi connectivity index (χ2n) is 8.35. The van der Waals surface area contributed by atoms with Crippen LogP contribution >= 0.6 is 15.9 Å². The summed E-state index contributed by atoms with van der Waals surface area (Å²) in [6.45, 7) is 5.27. The van der Waals surface area contributed by atoms with Crippen molar-refractivity contribution in [1.82, 2.24) is 9.55 Å². The maximum Gasteiger partial charge on any atom is 0.416 e. The average molecular weight is 510 g/mol. The fourth-order valence-electron chi connectivity index (χ4n) is 3.04. The number of aryl methyl sites for hydroxylation is 1. The number of aromatic nitrogens is 2. The van der Waals surface area contributed by atoms with Gasteiger partial charge in [0.2, 0.25) is 0 Å². The van der Waals surface area contributed by atoms with E-state index in [1.54, 1.807) is 37.7 Å². The first-order chi connectivity index (χ1) is 14.8. The molecule has 0 bridgehead atoms. The average Bonchev–Trinajstić information content (AvgIpc) is 3.10. The van der Waals surface area contributed by atoms with Crippen LogP contribution < -0.4 is 4.90 Å². The Morgan fingerprint density at radius 3 is 2.31 bits per heavy atom. The number of carbonyl (C=O) groups is 1. The van der Waals surface area contributed by atoms with E-state index in [0.29, 0.717) is 22.5 Å². The summed E-state index contributed by atoms with van der Waals surface area (Å²) in [6, 6.07) is 10.1. The van der Waals surface area contributed by atoms with E-state index < -0.39 is 23.4 Å². The van der Waals surface area contributed by atoms with Gasteiger partial charge in [-0.1, -0.05) is 28.1 Å². The summed E-state index contributed by atoms with van der Waals surface area (Å²) >= 11 is 3.44. The first-order valence-corrected chi connectivity index (χ1v) is 10.6. The van der Waals surface area contributed by atoms with Gasteiger partial charge in [0, 0.05) is 23.3 Å². The van der Waals surface area contributed by atoms with Gasteiger partial charge in [0.1, 0.15) is 5.60 Å². The third kappa shape index (κ3) is 5.91. The van der Waals surface area contributed by atoms with Crippen LogP contribution in [-0.2, 0) is 24.5 Å². The third-order valence-electron chi connectivity index (χ3n) is 4.47. The second kappa shape index (κ2) is 8.97. The lowest BCUT2D eigenvalue weighted by atomic mass is 10.1. The van der Waals surface area contributed by atoms with E-state index in [2.05, 4.69) is 20.9 Å². The van der Waals surface area contributed by atoms with E-state index in [4.69, 9.17) is 4.74 Å². The lowest BCUT2D eigenvalue weighted by molar-refractivity contribution is -0.137. The van der Waals surface area contributed by atoms with Gasteiger partial charge >= 0.3 is 12.3 Å². The minimum Gasteiger partial charge on any atom is -0.443 e. The summed E-state index contributed by atoms with van der Waals surface area (Å²) in [5.74, 6) is 0. The Hall–Kier alpha value is -2.81. The fourth-order valence-corrected chi connectivity index (χ4v) is 3.39. The highest BCUT2D eigenvalue weighted by Crippen LogP contribution is 2.35. The SMILES string of the molecule is Cn1cnc(-c2ccc(Br)cc2N(Cc2ccc(C(F)(F)F)cc2)C(=O)OC(C)(C)C)c1. The van der Waals surface area contributed by atoms with Crippen molar-refractivity contribution in [2.75, 3.05) is 4.90 Å². The molecule has 0 aliphatic carbocycles. The highest BCUT2D eigenvalue weighted by atomic mass is 79.9. The normalized spacial score (nSPS) is 12.0. The minimum atomic E-state index is -4.43. The topological polar surface area (TPSA) is 47.4 Å². The summed E-state index contributed by atoms with van der Waals surface area (Å²) in [7, 11) is 1.84. The molecule has 1 heterocycles. The van der Waals surface area contributed by atoms with Crippen molar-refractivity contribution in [3.8, 4) is 11.3 Å². The van der Waals surface area contributed by atoms with Gasteiger partial charge in [0.15, 0.2) is 0 Å². The molecule has 170 valence electrons. The van der Waals surface area contributed by atoms with E-state index in [1.165, 1.54) is 17.0 Å². The van der Waals surface area contributed by atoms with Crippen molar-refractivity contribution in [3.05, 3.63) is 70.6 Å². The molecule has 0 unspecified atom stereocenters. The van der Waals surface area contributed by atoms with Crippen molar-refractivity contribution in [3.63, 3.8) is 0 Å². The quantitative estimate of drug-likeness (QED) is 0.388. The molecule has 0 fully saturated rings. The van der Waals surface area contributed by atoms with Crippen LogP contribution in [0.5, 0.6) is 0 Å². The van der Waals surface area contributed by atoms with E-state index in [1.807, 2.05) is 25.4 Å². The molecule has 3 rings (SSSR count). The van der Waals surface area contributed by atoms with Gasteiger partial charge in [-0.2, -0.15) is 13.2 Å². The number of benzene rings is 2. The van der Waals surface area contributed by atoms with Crippen molar-refractivity contribution in [1.29, 1.82) is 0 Å². The zero-order chi connectivity index (χ0) is 23.7. The number of amides is 1. The van der Waals surface area contributed by atoms with Crippen molar-refractivity contribution >= 4 is 27.7 Å². The number of nitrogens with zero attached hydrogens (tertiary/aromatic N) is 3. The Labute approximate surface area is 193 Å². The van der Waals surface area contributed by atoms with Crippen LogP contribution in [-0.4, -0.2) is 21.2 Å². The molecule has 0 saturated carbocycles. The van der Waals surface area contributed by atoms with Crippen LogP contribution in [0.4, 0.5) is 23.7 Å². The molecular weight excluding hydrogens is 487 g/mol. The van der Waals surface area contributed by atoms with Gasteiger partial charge in [0.25, 0.3) is 0 Å². The summed E-state index contributed by atoms with van der Waals surface area (Å²) < 4.78 is 47.0. The van der Waals surface area contributed by atoms with Crippen LogP contribution in [0.1, 0.15) is 31.9 Å². The lowest BCUT2D eigenvalue weighted by Crippen LogP contribution is -2.36. The molecule has 3 aromatic rings. The molecule has 0 aliphatic heterocycles. The Kier molecular flexibility index (Phi) is 6.69. The molecule has 2 aromatic carbocycles. The smallest absolute Gasteiger partial charge is 0.416 e. The fraction of sp³-hybridized carbons (Fsp3) is 0.304. The predicted molar refractivity (Wildman–Crippen MR) is 120 cm³/mol. The minimum absolute atomic E-state index is 0.0172. The Bertz CT molecular complexity index is 1100. The van der Waals surface area contributed by atoms with Crippen molar-refractivity contribution in [2.24, 2.45) is 7.05 Å². The van der Waals surface area contributed by atoms with E-state index in [0.717, 1.165) is 16.6 Å². The largest absolute Gasteiger partial charge is 0.443 e. The first-order valence-electron chi connectivity index (χ1n) is 9.78. The van der Waals surface area contributed by atoms with Crippen LogP contribution in [0.2, 0.25) is 0 Å². The number of rotatable bonds is 4. The molecule has 0 saturated heterocycles. The van der Waals surface area contributed by atoms with Gasteiger partial charge in [-0.3, -0.25) is 4.90 Å². The second-order valence-corrected chi connectivity index (χ2v) is 9.26. The molecule has 0 spiro atoms. The van der Waals surface area contributed by atoms with Crippen LogP contribution in [0.3, 0.4) is 0 Å². The number of alkyl halides is 3. The first kappa shape index (κ1) is 23.8. The molecule has 1 amide bonds. The number of imidazole rings is 1. The maximum absolute atomic E-state index is 13.2. The highest BCUT2D eigenvalue weighted by molar-refractivity contribution is 9.10. The van der Waals surface area contributed by atoms with Gasteiger partial charge in [-0.25, -0.2) is 9.78 Å². The van der Waals surface area contributed by atoms with Gasteiger partial charge in [-0.15, -0.1) is 0 Å². The van der Waals surface area contributed by atoms with Crippen LogP contribution in [0.15, 0.2) is 59.5 Å². The molecule has 5 nitrogen and oxygen atoms in total. The molecular formula is C23H23BrF3N3O2. The van der Waals surface area contributed by atoms with Crippen molar-refractivity contribution < 1.29 is 22.7 Å². The van der Waals surface area contributed by atoms with Crippen molar-refractivity contribution in [2.45, 2.75) is 39.1 Å². The predicted octanol–water partition coefficient (Wildman–Crippen LogP) is 6.81. The number of halogens is 4. The van der Waals surface area contributed by atoms with Crippen LogP contribution in [0.25, 0.3) is 11.3 Å². The Balaban J connectivity index is 2.06. The molecule has 1 aromatic heterocycles. The maximum atomic E-state index is 13.2. The Morgan fingerprint density at radius 1 is 1.12 bits per heavy atom. The molecule has 9 heteroatoms. The van der Waals surface area contributed by atoms with Gasteiger partial charge in [0.05, 0.1) is 29.8 Å². The van der Waals surface area contributed by atoms with E-state index >= 15 is 0 Å². The zero-order valence-electron chi connectivity index (χ0n) is 18.1. The number of hydrogen-bond acceptors (Lipinski definition) is 3. The summed E-state index contributed by atoms with van der Waals surface area (Å²) in [5.41, 5.74) is 0.874.